The summed E-state index contributed by atoms with van der Waals surface area (Å²) < 4.78 is 1.79. The molecule has 24 heavy (non-hydrogen) atoms. The van der Waals surface area contributed by atoms with E-state index in [9.17, 15) is 9.90 Å². The van der Waals surface area contributed by atoms with E-state index in [2.05, 4.69) is 10.4 Å². The maximum atomic E-state index is 12.2. The van der Waals surface area contributed by atoms with Crippen LogP contribution < -0.4 is 5.32 Å². The minimum Gasteiger partial charge on any atom is -0.393 e. The smallest absolute Gasteiger partial charge is 0.317 e. The van der Waals surface area contributed by atoms with Crippen LogP contribution in [0.5, 0.6) is 0 Å². The molecule has 0 aliphatic heterocycles. The topological polar surface area (TPSA) is 70.4 Å². The number of hydrogen-bond donors (Lipinski definition) is 2. The predicted molar refractivity (Wildman–Crippen MR) is 91.8 cm³/mol. The van der Waals surface area contributed by atoms with E-state index >= 15 is 0 Å². The Balaban J connectivity index is 1.48. The van der Waals surface area contributed by atoms with E-state index in [-0.39, 0.29) is 18.1 Å². The minimum absolute atomic E-state index is 0.106. The Morgan fingerprint density at radius 1 is 1.38 bits per heavy atom. The van der Waals surface area contributed by atoms with Crippen LogP contribution in [0.1, 0.15) is 24.8 Å². The monoisotopic (exact) mass is 328 g/mol. The molecule has 6 nitrogen and oxygen atoms in total. The third kappa shape index (κ3) is 3.94. The van der Waals surface area contributed by atoms with Crippen LogP contribution in [0.3, 0.4) is 0 Å². The number of nitrogens with one attached hydrogen (secondary N) is 1. The highest BCUT2D eigenvalue weighted by Crippen LogP contribution is 2.25. The summed E-state index contributed by atoms with van der Waals surface area (Å²) in [6, 6.07) is 9.70. The Bertz CT molecular complexity index is 654. The number of carbonyl (C=O) groups excluding carboxylic acids is 1. The second-order valence-corrected chi connectivity index (χ2v) is 6.41. The number of nitrogens with zero attached hydrogens (tertiary/aromatic N) is 3. The summed E-state index contributed by atoms with van der Waals surface area (Å²) in [6.07, 6.45) is 6.25. The molecule has 0 spiro atoms. The summed E-state index contributed by atoms with van der Waals surface area (Å²) >= 11 is 0. The number of urea groups is 1. The van der Waals surface area contributed by atoms with Crippen LogP contribution in [-0.4, -0.2) is 45.5 Å². The zero-order valence-corrected chi connectivity index (χ0v) is 13.9. The molecule has 1 aliphatic carbocycles. The first-order valence-electron chi connectivity index (χ1n) is 8.39. The first-order valence-corrected chi connectivity index (χ1v) is 8.39. The van der Waals surface area contributed by atoms with Crippen molar-refractivity contribution in [3.8, 4) is 5.69 Å². The molecule has 3 rings (SSSR count). The van der Waals surface area contributed by atoms with Crippen LogP contribution in [-0.2, 0) is 6.54 Å². The molecule has 2 N–H and O–H groups in total. The Morgan fingerprint density at radius 3 is 2.79 bits per heavy atom. The van der Waals surface area contributed by atoms with Crippen LogP contribution in [0.2, 0.25) is 0 Å². The Kier molecular flexibility index (Phi) is 5.15. The molecule has 128 valence electrons. The van der Waals surface area contributed by atoms with Crippen molar-refractivity contribution in [2.24, 2.45) is 5.92 Å². The zero-order valence-electron chi connectivity index (χ0n) is 13.9. The molecule has 2 aromatic rings. The summed E-state index contributed by atoms with van der Waals surface area (Å²) in [5, 5.41) is 17.0. The summed E-state index contributed by atoms with van der Waals surface area (Å²) in [5.74, 6) is 0.203. The highest BCUT2D eigenvalue weighted by Gasteiger charge is 2.27. The number of amides is 2. The molecule has 2 atom stereocenters. The van der Waals surface area contributed by atoms with Crippen LogP contribution in [0.15, 0.2) is 42.7 Å². The highest BCUT2D eigenvalue weighted by molar-refractivity contribution is 5.73. The lowest BCUT2D eigenvalue weighted by molar-refractivity contribution is 0.114. The van der Waals surface area contributed by atoms with E-state index < -0.39 is 0 Å². The summed E-state index contributed by atoms with van der Waals surface area (Å²) in [5.41, 5.74) is 2.02. The molecule has 1 fully saturated rings. The van der Waals surface area contributed by atoms with Gasteiger partial charge in [0.25, 0.3) is 0 Å². The van der Waals surface area contributed by atoms with Gasteiger partial charge in [-0.1, -0.05) is 18.6 Å². The Morgan fingerprint density at radius 2 is 2.17 bits per heavy atom. The van der Waals surface area contributed by atoms with E-state index in [0.717, 1.165) is 30.5 Å². The number of aliphatic hydroxyl groups is 1. The number of hydrogen-bond acceptors (Lipinski definition) is 3. The summed E-state index contributed by atoms with van der Waals surface area (Å²) in [7, 11) is 1.78. The van der Waals surface area contributed by atoms with Gasteiger partial charge in [0.05, 0.1) is 11.8 Å². The van der Waals surface area contributed by atoms with Crippen molar-refractivity contribution < 1.29 is 9.90 Å². The number of carbonyl (C=O) groups is 1. The van der Waals surface area contributed by atoms with Gasteiger partial charge in [-0.25, -0.2) is 9.48 Å². The van der Waals surface area contributed by atoms with E-state index in [1.54, 1.807) is 22.8 Å². The van der Waals surface area contributed by atoms with Crippen molar-refractivity contribution in [3.05, 3.63) is 48.3 Å². The van der Waals surface area contributed by atoms with Crippen molar-refractivity contribution in [2.75, 3.05) is 13.6 Å². The molecule has 0 bridgehead atoms. The molecule has 1 aliphatic rings. The van der Waals surface area contributed by atoms with Gasteiger partial charge in [-0.05, 0) is 36.6 Å². The predicted octanol–water partition coefficient (Wildman–Crippen LogP) is 2.17. The van der Waals surface area contributed by atoms with Crippen molar-refractivity contribution in [1.29, 1.82) is 0 Å². The molecule has 1 aromatic heterocycles. The largest absolute Gasteiger partial charge is 0.393 e. The number of benzene rings is 1. The van der Waals surface area contributed by atoms with Gasteiger partial charge in [0.1, 0.15) is 0 Å². The standard InChI is InChI=1S/C18H24N4O2/c1-21(13-15-4-2-5-17(15)23)18(24)19-12-14-6-8-16(9-7-14)22-11-3-10-20-22/h3,6-11,15,17,23H,2,4-5,12-13H2,1H3,(H,19,24)/t15-,17+/m0/s1. The van der Waals surface area contributed by atoms with E-state index in [1.165, 1.54) is 0 Å². The Hall–Kier alpha value is -2.34. The molecular formula is C18H24N4O2. The number of rotatable bonds is 5. The van der Waals surface area contributed by atoms with Crippen molar-refractivity contribution in [2.45, 2.75) is 31.9 Å². The molecule has 2 amide bonds. The van der Waals surface area contributed by atoms with E-state index in [1.807, 2.05) is 36.5 Å². The van der Waals surface area contributed by atoms with Gasteiger partial charge in [-0.2, -0.15) is 5.10 Å². The van der Waals surface area contributed by atoms with Gasteiger partial charge < -0.3 is 15.3 Å². The Labute approximate surface area is 142 Å². The molecule has 1 aromatic carbocycles. The first kappa shape index (κ1) is 16.5. The highest BCUT2D eigenvalue weighted by atomic mass is 16.3. The molecule has 0 saturated heterocycles. The normalized spacial score (nSPS) is 20.1. The minimum atomic E-state index is -0.268. The third-order valence-electron chi connectivity index (χ3n) is 4.62. The maximum Gasteiger partial charge on any atom is 0.317 e. The van der Waals surface area contributed by atoms with Gasteiger partial charge in [0, 0.05) is 38.4 Å². The molecular weight excluding hydrogens is 304 g/mol. The van der Waals surface area contributed by atoms with Crippen LogP contribution in [0.25, 0.3) is 5.69 Å². The van der Waals surface area contributed by atoms with Crippen molar-refractivity contribution in [3.63, 3.8) is 0 Å². The van der Waals surface area contributed by atoms with Gasteiger partial charge in [0.15, 0.2) is 0 Å². The third-order valence-corrected chi connectivity index (χ3v) is 4.62. The SMILES string of the molecule is CN(C[C@@H]1CCC[C@H]1O)C(=O)NCc1ccc(-n2cccn2)cc1. The molecule has 1 saturated carbocycles. The summed E-state index contributed by atoms with van der Waals surface area (Å²) in [4.78, 5) is 13.8. The second-order valence-electron chi connectivity index (χ2n) is 6.41. The van der Waals surface area contributed by atoms with E-state index in [0.29, 0.717) is 13.1 Å². The van der Waals surface area contributed by atoms with Gasteiger partial charge in [-0.15, -0.1) is 0 Å². The van der Waals surface area contributed by atoms with Crippen LogP contribution in [0, 0.1) is 5.92 Å². The van der Waals surface area contributed by atoms with Gasteiger partial charge in [-0.3, -0.25) is 0 Å². The van der Waals surface area contributed by atoms with Gasteiger partial charge in [0.2, 0.25) is 0 Å². The maximum absolute atomic E-state index is 12.2. The lowest BCUT2D eigenvalue weighted by Crippen LogP contribution is -2.40. The first-order chi connectivity index (χ1) is 11.6. The molecule has 6 heteroatoms. The zero-order chi connectivity index (χ0) is 16.9. The summed E-state index contributed by atoms with van der Waals surface area (Å²) in [6.45, 7) is 1.08. The fourth-order valence-corrected chi connectivity index (χ4v) is 3.17. The lowest BCUT2D eigenvalue weighted by Gasteiger charge is -2.23. The molecule has 0 unspecified atom stereocenters. The molecule has 1 heterocycles. The van der Waals surface area contributed by atoms with E-state index in [4.69, 9.17) is 0 Å². The fourth-order valence-electron chi connectivity index (χ4n) is 3.17. The molecule has 0 radical (unpaired) electrons. The van der Waals surface area contributed by atoms with Crippen molar-refractivity contribution >= 4 is 6.03 Å². The fraction of sp³-hybridized carbons (Fsp3) is 0.444. The van der Waals surface area contributed by atoms with Gasteiger partial charge >= 0.3 is 6.03 Å². The lowest BCUT2D eigenvalue weighted by atomic mass is 10.1. The number of aliphatic hydroxyl groups excluding tert-OH is 1. The van der Waals surface area contributed by atoms with Crippen LogP contribution in [0.4, 0.5) is 4.79 Å². The quantitative estimate of drug-likeness (QED) is 0.884. The second kappa shape index (κ2) is 7.49. The number of aromatic nitrogens is 2. The average Bonchev–Trinajstić information content (AvgIpc) is 3.26. The van der Waals surface area contributed by atoms with Crippen LogP contribution >= 0.6 is 0 Å². The average molecular weight is 328 g/mol. The van der Waals surface area contributed by atoms with Crippen molar-refractivity contribution in [1.82, 2.24) is 20.0 Å².